The fraction of sp³-hybridized carbons (Fsp3) is 0.381. The van der Waals surface area contributed by atoms with Crippen LogP contribution in [0.2, 0.25) is 0 Å². The molecule has 0 aliphatic carbocycles. The van der Waals surface area contributed by atoms with Crippen molar-refractivity contribution in [2.75, 3.05) is 0 Å². The third-order valence-electron chi connectivity index (χ3n) is 4.51. The molecule has 1 unspecified atom stereocenters. The second kappa shape index (κ2) is 6.73. The Labute approximate surface area is 149 Å². The minimum absolute atomic E-state index is 0.0610. The summed E-state index contributed by atoms with van der Waals surface area (Å²) in [5.41, 5.74) is 5.47. The first kappa shape index (κ1) is 17.2. The molecule has 2 heterocycles. The lowest BCUT2D eigenvalue weighted by Gasteiger charge is -2.21. The number of nitrogens with one attached hydrogen (secondary N) is 1. The molecule has 1 aromatic carbocycles. The lowest BCUT2D eigenvalue weighted by atomic mass is 9.90. The van der Waals surface area contributed by atoms with Gasteiger partial charge >= 0.3 is 0 Å². The van der Waals surface area contributed by atoms with Crippen LogP contribution in [0.3, 0.4) is 0 Å². The highest BCUT2D eigenvalue weighted by molar-refractivity contribution is 8.03. The molecule has 2 aromatic rings. The Morgan fingerprint density at radius 3 is 2.46 bits per heavy atom. The number of pyridine rings is 1. The highest BCUT2D eigenvalue weighted by Crippen LogP contribution is 2.44. The van der Waals surface area contributed by atoms with Gasteiger partial charge in [0.05, 0.1) is 4.91 Å². The molecule has 3 heteroatoms. The van der Waals surface area contributed by atoms with Crippen molar-refractivity contribution in [1.82, 2.24) is 0 Å². The largest absolute Gasteiger partial charge is 0.328 e. The van der Waals surface area contributed by atoms with Crippen LogP contribution in [-0.2, 0) is 0 Å². The van der Waals surface area contributed by atoms with E-state index in [1.54, 1.807) is 0 Å². The molecule has 1 aliphatic heterocycles. The van der Waals surface area contributed by atoms with Crippen molar-refractivity contribution in [1.29, 1.82) is 0 Å². The van der Waals surface area contributed by atoms with E-state index in [0.29, 0.717) is 11.3 Å². The number of nitrogens with two attached hydrogens (primary N) is 1. The molecule has 0 amide bonds. The van der Waals surface area contributed by atoms with E-state index < -0.39 is 0 Å². The molecule has 0 spiro atoms. The van der Waals surface area contributed by atoms with Crippen LogP contribution in [-0.4, -0.2) is 10.8 Å². The van der Waals surface area contributed by atoms with E-state index in [2.05, 4.69) is 93.6 Å². The van der Waals surface area contributed by atoms with Gasteiger partial charge in [0, 0.05) is 35.4 Å². The van der Waals surface area contributed by atoms with Crippen molar-refractivity contribution < 1.29 is 10.3 Å². The van der Waals surface area contributed by atoms with Crippen LogP contribution in [0, 0.1) is 6.92 Å². The molecule has 0 fully saturated rings. The third kappa shape index (κ3) is 3.42. The number of aromatic amines is 1. The summed E-state index contributed by atoms with van der Waals surface area (Å²) in [7, 11) is 0. The fourth-order valence-corrected chi connectivity index (χ4v) is 4.96. The molecule has 1 aromatic heterocycles. The summed E-state index contributed by atoms with van der Waals surface area (Å²) >= 11 is 2.01. The highest BCUT2D eigenvalue weighted by atomic mass is 32.2. The number of hydrogen-bond acceptors (Lipinski definition) is 1. The first-order valence-electron chi connectivity index (χ1n) is 8.69. The van der Waals surface area contributed by atoms with E-state index in [-0.39, 0.29) is 5.54 Å². The Morgan fingerprint density at radius 2 is 1.83 bits per heavy atom. The molecule has 0 radical (unpaired) electrons. The lowest BCUT2D eigenvalue weighted by Crippen LogP contribution is -2.93. The van der Waals surface area contributed by atoms with Gasteiger partial charge in [-0.05, 0) is 19.4 Å². The van der Waals surface area contributed by atoms with Crippen LogP contribution < -0.4 is 10.3 Å². The third-order valence-corrected chi connectivity index (χ3v) is 5.70. The zero-order valence-corrected chi connectivity index (χ0v) is 16.1. The summed E-state index contributed by atoms with van der Waals surface area (Å²) in [6.45, 7) is 11.4. The maximum absolute atomic E-state index is 3.28. The van der Waals surface area contributed by atoms with Gasteiger partial charge in [0.25, 0.3) is 0 Å². The van der Waals surface area contributed by atoms with Gasteiger partial charge in [0.2, 0.25) is 0 Å². The summed E-state index contributed by atoms with van der Waals surface area (Å²) in [6.07, 6.45) is 2.06. The SMILES string of the molecule is Cc1cc(C2=C(SC(C)C)C(c3ccccc3)[NH2+]C2(C)C)cc[nH+]1. The number of aryl methyl sites for hydroxylation is 1. The number of H-pyrrole nitrogens is 1. The monoisotopic (exact) mass is 340 g/mol. The summed E-state index contributed by atoms with van der Waals surface area (Å²) < 4.78 is 0. The Morgan fingerprint density at radius 1 is 1.12 bits per heavy atom. The first-order valence-corrected chi connectivity index (χ1v) is 9.57. The van der Waals surface area contributed by atoms with Crippen molar-refractivity contribution in [3.05, 3.63) is 70.4 Å². The molecule has 3 N–H and O–H groups in total. The van der Waals surface area contributed by atoms with Crippen molar-refractivity contribution in [2.45, 2.75) is 51.4 Å². The lowest BCUT2D eigenvalue weighted by molar-refractivity contribution is -0.727. The molecule has 2 nitrogen and oxygen atoms in total. The number of quaternary nitrogens is 1. The van der Waals surface area contributed by atoms with Gasteiger partial charge in [-0.3, -0.25) is 0 Å². The van der Waals surface area contributed by atoms with Crippen molar-refractivity contribution in [3.63, 3.8) is 0 Å². The topological polar surface area (TPSA) is 30.8 Å². The van der Waals surface area contributed by atoms with Gasteiger partial charge in [-0.15, -0.1) is 11.8 Å². The maximum atomic E-state index is 3.28. The molecule has 1 atom stereocenters. The standard InChI is InChI=1S/C21H26N2S/c1-14(2)24-20-18(17-11-12-22-15(3)13-17)21(4,5)23-19(20)16-9-7-6-8-10-16/h6-14,19,23H,1-5H3/p+2. The smallest absolute Gasteiger partial charge is 0.177 e. The first-order chi connectivity index (χ1) is 11.4. The van der Waals surface area contributed by atoms with Crippen LogP contribution in [0.15, 0.2) is 53.6 Å². The molecule has 0 saturated heterocycles. The second-order valence-electron chi connectivity index (χ2n) is 7.44. The number of rotatable bonds is 4. The van der Waals surface area contributed by atoms with Gasteiger partial charge in [-0.2, -0.15) is 0 Å². The minimum Gasteiger partial charge on any atom is -0.328 e. The van der Waals surface area contributed by atoms with Crippen LogP contribution in [0.25, 0.3) is 5.57 Å². The van der Waals surface area contributed by atoms with Crippen LogP contribution in [0.4, 0.5) is 0 Å². The average molecular weight is 341 g/mol. The number of benzene rings is 1. The molecule has 3 rings (SSSR count). The van der Waals surface area contributed by atoms with E-state index in [0.717, 1.165) is 0 Å². The second-order valence-corrected chi connectivity index (χ2v) is 9.06. The van der Waals surface area contributed by atoms with E-state index in [4.69, 9.17) is 0 Å². The number of aromatic nitrogens is 1. The van der Waals surface area contributed by atoms with Crippen LogP contribution >= 0.6 is 11.8 Å². The van der Waals surface area contributed by atoms with Crippen LogP contribution in [0.5, 0.6) is 0 Å². The van der Waals surface area contributed by atoms with E-state index in [1.807, 2.05) is 11.8 Å². The number of hydrogen-bond donors (Lipinski definition) is 1. The van der Waals surface area contributed by atoms with Crippen LogP contribution in [0.1, 0.15) is 50.6 Å². The molecule has 0 bridgehead atoms. The molecule has 126 valence electrons. The van der Waals surface area contributed by atoms with Gasteiger partial charge in [-0.25, -0.2) is 4.98 Å². The van der Waals surface area contributed by atoms with Crippen molar-refractivity contribution in [3.8, 4) is 0 Å². The number of thioether (sulfide) groups is 1. The quantitative estimate of drug-likeness (QED) is 0.902. The molecule has 1 aliphatic rings. The Balaban J connectivity index is 2.17. The summed E-state index contributed by atoms with van der Waals surface area (Å²) in [5, 5.41) is 3.09. The van der Waals surface area contributed by atoms with Gasteiger partial charge in [0.1, 0.15) is 11.6 Å². The molecule has 24 heavy (non-hydrogen) atoms. The fourth-order valence-electron chi connectivity index (χ4n) is 3.60. The summed E-state index contributed by atoms with van der Waals surface area (Å²) in [5.74, 6) is 0. The normalized spacial score (nSPS) is 20.0. The van der Waals surface area contributed by atoms with Gasteiger partial charge in [0.15, 0.2) is 11.9 Å². The Bertz CT molecular complexity index is 747. The summed E-state index contributed by atoms with van der Waals surface area (Å²) in [6, 6.07) is 15.8. The predicted octanol–water partition coefficient (Wildman–Crippen LogP) is 3.76. The van der Waals surface area contributed by atoms with E-state index >= 15 is 0 Å². The van der Waals surface area contributed by atoms with Crippen molar-refractivity contribution in [2.24, 2.45) is 0 Å². The summed E-state index contributed by atoms with van der Waals surface area (Å²) in [4.78, 5) is 4.79. The van der Waals surface area contributed by atoms with Gasteiger partial charge < -0.3 is 5.32 Å². The molecular weight excluding hydrogens is 312 g/mol. The van der Waals surface area contributed by atoms with E-state index in [9.17, 15) is 0 Å². The Kier molecular flexibility index (Phi) is 4.84. The average Bonchev–Trinajstić information content (AvgIpc) is 2.78. The minimum atomic E-state index is 0.0610. The highest BCUT2D eigenvalue weighted by Gasteiger charge is 2.44. The molecule has 0 saturated carbocycles. The van der Waals surface area contributed by atoms with E-state index in [1.165, 1.54) is 27.3 Å². The predicted molar refractivity (Wildman–Crippen MR) is 103 cm³/mol. The zero-order chi connectivity index (χ0) is 17.3. The Hall–Kier alpha value is -1.58. The molecular formula is C21H28N2S+2. The maximum Gasteiger partial charge on any atom is 0.177 e. The van der Waals surface area contributed by atoms with Gasteiger partial charge in [-0.1, -0.05) is 44.2 Å². The zero-order valence-electron chi connectivity index (χ0n) is 15.3. The van der Waals surface area contributed by atoms with Crippen molar-refractivity contribution >= 4 is 17.3 Å².